The lowest BCUT2D eigenvalue weighted by Crippen LogP contribution is -2.46. The number of hydrogen-bond donors (Lipinski definition) is 1. The molecule has 2 rings (SSSR count). The summed E-state index contributed by atoms with van der Waals surface area (Å²) in [6.45, 7) is 3.80. The first-order chi connectivity index (χ1) is 7.02. The van der Waals surface area contributed by atoms with Crippen molar-refractivity contribution in [2.75, 3.05) is 0 Å². The molecule has 0 radical (unpaired) electrons. The maximum atomic E-state index is 12.1. The molecule has 0 bridgehead atoms. The van der Waals surface area contributed by atoms with Crippen LogP contribution in [0.3, 0.4) is 0 Å². The summed E-state index contributed by atoms with van der Waals surface area (Å²) >= 11 is 0. The molecule has 2 atom stereocenters. The van der Waals surface area contributed by atoms with Gasteiger partial charge in [-0.25, -0.2) is 0 Å². The van der Waals surface area contributed by atoms with Crippen molar-refractivity contribution < 1.29 is 4.79 Å². The Morgan fingerprint density at radius 1 is 1.40 bits per heavy atom. The molecule has 0 fully saturated rings. The molecule has 0 aliphatic heterocycles. The summed E-state index contributed by atoms with van der Waals surface area (Å²) < 4.78 is 0. The van der Waals surface area contributed by atoms with E-state index < -0.39 is 5.54 Å². The van der Waals surface area contributed by atoms with Crippen molar-refractivity contribution in [3.05, 3.63) is 35.4 Å². The highest BCUT2D eigenvalue weighted by atomic mass is 16.1. The minimum atomic E-state index is -0.668. The fraction of sp³-hybridized carbons (Fsp3) is 0.462. The number of hydrogen-bond acceptors (Lipinski definition) is 2. The first kappa shape index (κ1) is 10.4. The predicted octanol–water partition coefficient (Wildman–Crippen LogP) is 2.02. The second-order valence-electron chi connectivity index (χ2n) is 4.70. The molecule has 1 aliphatic carbocycles. The summed E-state index contributed by atoms with van der Waals surface area (Å²) in [5.41, 5.74) is 7.79. The molecule has 0 saturated carbocycles. The van der Waals surface area contributed by atoms with Crippen molar-refractivity contribution in [3.8, 4) is 0 Å². The topological polar surface area (TPSA) is 43.1 Å². The zero-order valence-corrected chi connectivity index (χ0v) is 9.29. The van der Waals surface area contributed by atoms with Crippen LogP contribution >= 0.6 is 0 Å². The van der Waals surface area contributed by atoms with Crippen molar-refractivity contribution in [3.63, 3.8) is 0 Å². The third-order valence-corrected chi connectivity index (χ3v) is 3.39. The number of Topliss-reactive ketones (excluding diaryl/α,β-unsaturated/α-hetero) is 1. The van der Waals surface area contributed by atoms with E-state index in [1.165, 1.54) is 5.56 Å². The summed E-state index contributed by atoms with van der Waals surface area (Å²) in [7, 11) is 0. The van der Waals surface area contributed by atoms with E-state index in [1.54, 1.807) is 0 Å². The second-order valence-corrected chi connectivity index (χ2v) is 4.70. The van der Waals surface area contributed by atoms with Crippen LogP contribution in [-0.2, 0) is 11.2 Å². The zero-order valence-electron chi connectivity index (χ0n) is 9.29. The summed E-state index contributed by atoms with van der Waals surface area (Å²) in [6, 6.07) is 8.15. The van der Waals surface area contributed by atoms with Gasteiger partial charge in [-0.3, -0.25) is 4.79 Å². The van der Waals surface area contributed by atoms with Gasteiger partial charge in [-0.1, -0.05) is 31.2 Å². The van der Waals surface area contributed by atoms with E-state index in [1.807, 2.05) is 32.0 Å². The molecule has 0 amide bonds. The highest BCUT2D eigenvalue weighted by Crippen LogP contribution is 2.31. The fourth-order valence-corrected chi connectivity index (χ4v) is 2.34. The molecule has 2 unspecified atom stereocenters. The number of benzene rings is 1. The van der Waals surface area contributed by atoms with Gasteiger partial charge in [-0.15, -0.1) is 0 Å². The number of carbonyl (C=O) groups is 1. The van der Waals surface area contributed by atoms with Gasteiger partial charge in [0.15, 0.2) is 5.78 Å². The Hall–Kier alpha value is -1.15. The first-order valence-corrected chi connectivity index (χ1v) is 5.43. The van der Waals surface area contributed by atoms with Crippen LogP contribution < -0.4 is 5.73 Å². The van der Waals surface area contributed by atoms with Crippen molar-refractivity contribution >= 4 is 5.78 Å². The average Bonchev–Trinajstić information content (AvgIpc) is 2.31. The third-order valence-electron chi connectivity index (χ3n) is 3.39. The average molecular weight is 203 g/mol. The Balaban J connectivity index is 2.48. The van der Waals surface area contributed by atoms with Crippen molar-refractivity contribution in [1.29, 1.82) is 0 Å². The van der Waals surface area contributed by atoms with Gasteiger partial charge in [0.25, 0.3) is 0 Å². The van der Waals surface area contributed by atoms with Gasteiger partial charge in [0.05, 0.1) is 5.54 Å². The molecular formula is C13H17NO. The molecule has 2 heteroatoms. The molecule has 0 spiro atoms. The number of fused-ring (bicyclic) bond motifs is 1. The minimum absolute atomic E-state index is 0.0706. The first-order valence-electron chi connectivity index (χ1n) is 5.43. The zero-order chi connectivity index (χ0) is 11.1. The van der Waals surface area contributed by atoms with Gasteiger partial charge < -0.3 is 5.73 Å². The van der Waals surface area contributed by atoms with E-state index in [-0.39, 0.29) is 11.7 Å². The number of carbonyl (C=O) groups excluding carboxylic acids is 1. The molecule has 80 valence electrons. The Morgan fingerprint density at radius 2 is 2.07 bits per heavy atom. The van der Waals surface area contributed by atoms with Crippen LogP contribution in [0.15, 0.2) is 24.3 Å². The Morgan fingerprint density at radius 3 is 2.80 bits per heavy atom. The van der Waals surface area contributed by atoms with E-state index in [9.17, 15) is 4.79 Å². The van der Waals surface area contributed by atoms with Crippen LogP contribution in [0.4, 0.5) is 0 Å². The molecule has 1 aromatic carbocycles. The van der Waals surface area contributed by atoms with E-state index in [0.29, 0.717) is 0 Å². The van der Waals surface area contributed by atoms with Gasteiger partial charge in [0.2, 0.25) is 0 Å². The quantitative estimate of drug-likeness (QED) is 0.655. The van der Waals surface area contributed by atoms with E-state index in [4.69, 9.17) is 5.73 Å². The fourth-order valence-electron chi connectivity index (χ4n) is 2.34. The van der Waals surface area contributed by atoms with Crippen molar-refractivity contribution in [2.45, 2.75) is 38.1 Å². The highest BCUT2D eigenvalue weighted by Gasteiger charge is 2.35. The number of nitrogens with two attached hydrogens (primary N) is 1. The van der Waals surface area contributed by atoms with Gasteiger partial charge >= 0.3 is 0 Å². The number of aryl methyl sites for hydroxylation is 1. The van der Waals surface area contributed by atoms with Crippen LogP contribution in [0.1, 0.15) is 37.3 Å². The lowest BCUT2D eigenvalue weighted by molar-refractivity contribution is -0.124. The highest BCUT2D eigenvalue weighted by molar-refractivity contribution is 5.94. The van der Waals surface area contributed by atoms with Crippen LogP contribution in [0.2, 0.25) is 0 Å². The molecule has 2 N–H and O–H groups in total. The van der Waals surface area contributed by atoms with Gasteiger partial charge in [0, 0.05) is 5.92 Å². The smallest absolute Gasteiger partial charge is 0.159 e. The Kier molecular flexibility index (Phi) is 2.39. The predicted molar refractivity (Wildman–Crippen MR) is 60.8 cm³/mol. The van der Waals surface area contributed by atoms with Crippen LogP contribution in [0.25, 0.3) is 0 Å². The maximum absolute atomic E-state index is 12.1. The van der Waals surface area contributed by atoms with Crippen LogP contribution in [-0.4, -0.2) is 11.3 Å². The molecular weight excluding hydrogens is 186 g/mol. The molecule has 0 heterocycles. The standard InChI is InChI=1S/C13H17NO/c1-9-11-6-4-3-5-10(11)7-8-13(2,14)12(9)15/h3-6,9H,7-8,14H2,1-2H3. The van der Waals surface area contributed by atoms with Crippen LogP contribution in [0.5, 0.6) is 0 Å². The van der Waals surface area contributed by atoms with Crippen LogP contribution in [0, 0.1) is 0 Å². The Labute approximate surface area is 90.5 Å². The summed E-state index contributed by atoms with van der Waals surface area (Å²) in [5.74, 6) is 0.0890. The van der Waals surface area contributed by atoms with E-state index in [0.717, 1.165) is 18.4 Å². The monoisotopic (exact) mass is 203 g/mol. The Bertz CT molecular complexity index is 395. The summed E-state index contributed by atoms with van der Waals surface area (Å²) in [6.07, 6.45) is 1.65. The number of rotatable bonds is 0. The minimum Gasteiger partial charge on any atom is -0.319 e. The number of ketones is 1. The molecule has 1 aliphatic rings. The summed E-state index contributed by atoms with van der Waals surface area (Å²) in [4.78, 5) is 12.1. The van der Waals surface area contributed by atoms with Gasteiger partial charge in [0.1, 0.15) is 0 Å². The third kappa shape index (κ3) is 1.70. The molecule has 15 heavy (non-hydrogen) atoms. The molecule has 2 nitrogen and oxygen atoms in total. The SMILES string of the molecule is CC1C(=O)C(C)(N)CCc2ccccc21. The lowest BCUT2D eigenvalue weighted by atomic mass is 9.86. The maximum Gasteiger partial charge on any atom is 0.159 e. The van der Waals surface area contributed by atoms with E-state index >= 15 is 0 Å². The molecule has 0 saturated heterocycles. The molecule has 0 aromatic heterocycles. The lowest BCUT2D eigenvalue weighted by Gasteiger charge is -2.23. The normalized spacial score (nSPS) is 30.9. The molecule has 1 aromatic rings. The van der Waals surface area contributed by atoms with E-state index in [2.05, 4.69) is 6.07 Å². The summed E-state index contributed by atoms with van der Waals surface area (Å²) in [5, 5.41) is 0. The van der Waals surface area contributed by atoms with Crippen molar-refractivity contribution in [1.82, 2.24) is 0 Å². The second kappa shape index (κ2) is 3.46. The van der Waals surface area contributed by atoms with Crippen molar-refractivity contribution in [2.24, 2.45) is 5.73 Å². The van der Waals surface area contributed by atoms with Gasteiger partial charge in [-0.2, -0.15) is 0 Å². The van der Waals surface area contributed by atoms with Gasteiger partial charge in [-0.05, 0) is 30.9 Å². The largest absolute Gasteiger partial charge is 0.319 e.